The molecule has 0 fully saturated rings. The number of thioether (sulfide) groups is 1. The predicted octanol–water partition coefficient (Wildman–Crippen LogP) is 3.62. The van der Waals surface area contributed by atoms with Crippen molar-refractivity contribution in [2.45, 2.75) is 44.2 Å². The van der Waals surface area contributed by atoms with Gasteiger partial charge in [-0.2, -0.15) is 0 Å². The molecule has 6 heteroatoms. The first-order valence-corrected chi connectivity index (χ1v) is 8.46. The summed E-state index contributed by atoms with van der Waals surface area (Å²) in [5.41, 5.74) is 2.98. The molecule has 2 aromatic heterocycles. The number of rotatable bonds is 4. The number of aryl methyl sites for hydroxylation is 1. The van der Waals surface area contributed by atoms with E-state index in [0.717, 1.165) is 22.1 Å². The topological polar surface area (TPSA) is 56.5 Å². The van der Waals surface area contributed by atoms with E-state index < -0.39 is 0 Å². The molecular formula is C17H19N3O2S. The minimum absolute atomic E-state index is 0.121. The summed E-state index contributed by atoms with van der Waals surface area (Å²) < 4.78 is 7.25. The summed E-state index contributed by atoms with van der Waals surface area (Å²) in [4.78, 5) is 12.0. The van der Waals surface area contributed by atoms with Gasteiger partial charge in [-0.05, 0) is 45.4 Å². The molecule has 0 radical (unpaired) electrons. The summed E-state index contributed by atoms with van der Waals surface area (Å²) in [5, 5.41) is 10.0. The second-order valence-electron chi connectivity index (χ2n) is 5.77. The lowest BCUT2D eigenvalue weighted by atomic mass is 10.1. The molecule has 0 saturated carbocycles. The predicted molar refractivity (Wildman–Crippen MR) is 91.8 cm³/mol. The van der Waals surface area contributed by atoms with Gasteiger partial charge in [-0.25, -0.2) is 0 Å². The lowest BCUT2D eigenvalue weighted by Gasteiger charge is -2.13. The average molecular weight is 329 g/mol. The SMILES string of the molecule is Cc1cc2nnc(S[C@@H](C)C(=O)OC(C)C)n2c2ccccc12. The molecule has 3 rings (SSSR count). The Balaban J connectivity index is 2.02. The van der Waals surface area contributed by atoms with Crippen LogP contribution in [-0.2, 0) is 9.53 Å². The molecule has 3 aromatic rings. The number of esters is 1. The van der Waals surface area contributed by atoms with Gasteiger partial charge in [-0.3, -0.25) is 9.20 Å². The van der Waals surface area contributed by atoms with Crippen LogP contribution in [0.25, 0.3) is 16.6 Å². The molecule has 1 aromatic carbocycles. The summed E-state index contributed by atoms with van der Waals surface area (Å²) >= 11 is 1.37. The van der Waals surface area contributed by atoms with Crippen LogP contribution in [0.1, 0.15) is 26.3 Å². The third-order valence-corrected chi connectivity index (χ3v) is 4.56. The van der Waals surface area contributed by atoms with E-state index in [9.17, 15) is 4.79 Å². The number of para-hydroxylation sites is 1. The highest BCUT2D eigenvalue weighted by Gasteiger charge is 2.21. The van der Waals surface area contributed by atoms with Crippen molar-refractivity contribution >= 4 is 34.3 Å². The Morgan fingerprint density at radius 2 is 1.96 bits per heavy atom. The number of hydrogen-bond acceptors (Lipinski definition) is 5. The van der Waals surface area contributed by atoms with Crippen LogP contribution in [0.5, 0.6) is 0 Å². The zero-order chi connectivity index (χ0) is 16.6. The minimum Gasteiger partial charge on any atom is -0.462 e. The number of carbonyl (C=O) groups excluding carboxylic acids is 1. The van der Waals surface area contributed by atoms with Crippen LogP contribution in [0.4, 0.5) is 0 Å². The van der Waals surface area contributed by atoms with Crippen LogP contribution in [0.3, 0.4) is 0 Å². The van der Waals surface area contributed by atoms with Gasteiger partial charge in [-0.1, -0.05) is 30.0 Å². The van der Waals surface area contributed by atoms with E-state index in [-0.39, 0.29) is 17.3 Å². The number of benzene rings is 1. The van der Waals surface area contributed by atoms with Crippen LogP contribution >= 0.6 is 11.8 Å². The van der Waals surface area contributed by atoms with Crippen molar-refractivity contribution in [3.05, 3.63) is 35.9 Å². The number of carbonyl (C=O) groups is 1. The molecule has 0 unspecified atom stereocenters. The standard InChI is InChI=1S/C17H19N3O2S/c1-10(2)22-16(21)12(4)23-17-19-18-15-9-11(3)13-7-5-6-8-14(13)20(15)17/h5-10,12H,1-4H3/t12-/m0/s1. The van der Waals surface area contributed by atoms with E-state index in [2.05, 4.69) is 23.2 Å². The van der Waals surface area contributed by atoms with Crippen molar-refractivity contribution in [3.8, 4) is 0 Å². The molecule has 0 saturated heterocycles. The second-order valence-corrected chi connectivity index (χ2v) is 7.07. The van der Waals surface area contributed by atoms with Crippen molar-refractivity contribution in [2.24, 2.45) is 0 Å². The van der Waals surface area contributed by atoms with Crippen LogP contribution < -0.4 is 0 Å². The molecule has 0 N–H and O–H groups in total. The fourth-order valence-electron chi connectivity index (χ4n) is 2.49. The smallest absolute Gasteiger partial charge is 0.319 e. The highest BCUT2D eigenvalue weighted by molar-refractivity contribution is 8.00. The summed E-state index contributed by atoms with van der Waals surface area (Å²) in [6.07, 6.45) is -0.121. The third-order valence-electron chi connectivity index (χ3n) is 3.54. The number of aromatic nitrogens is 3. The van der Waals surface area contributed by atoms with Crippen molar-refractivity contribution in [1.29, 1.82) is 0 Å². The zero-order valence-corrected chi connectivity index (χ0v) is 14.4. The van der Waals surface area contributed by atoms with Crippen LogP contribution in [0.15, 0.2) is 35.5 Å². The van der Waals surface area contributed by atoms with E-state index in [0.29, 0.717) is 5.16 Å². The Kier molecular flexibility index (Phi) is 4.26. The maximum Gasteiger partial charge on any atom is 0.319 e. The molecule has 0 aliphatic rings. The number of ether oxygens (including phenoxy) is 1. The van der Waals surface area contributed by atoms with Crippen LogP contribution in [0.2, 0.25) is 0 Å². The maximum absolute atomic E-state index is 12.0. The number of nitrogens with zero attached hydrogens (tertiary/aromatic N) is 3. The van der Waals surface area contributed by atoms with E-state index in [1.54, 1.807) is 0 Å². The van der Waals surface area contributed by atoms with Gasteiger partial charge >= 0.3 is 5.97 Å². The molecule has 0 spiro atoms. The summed E-state index contributed by atoms with van der Waals surface area (Å²) in [5.74, 6) is -0.238. The van der Waals surface area contributed by atoms with Crippen molar-refractivity contribution in [1.82, 2.24) is 14.6 Å². The third kappa shape index (κ3) is 3.03. The molecule has 0 aliphatic carbocycles. The quantitative estimate of drug-likeness (QED) is 0.540. The first-order valence-electron chi connectivity index (χ1n) is 7.58. The molecule has 0 amide bonds. The number of hydrogen-bond donors (Lipinski definition) is 0. The van der Waals surface area contributed by atoms with Crippen LogP contribution in [0, 0.1) is 6.92 Å². The van der Waals surface area contributed by atoms with Gasteiger partial charge in [0.05, 0.1) is 11.6 Å². The maximum atomic E-state index is 12.0. The highest BCUT2D eigenvalue weighted by Crippen LogP contribution is 2.28. The Hall–Kier alpha value is -2.08. The number of pyridine rings is 1. The Morgan fingerprint density at radius 1 is 1.22 bits per heavy atom. The molecular weight excluding hydrogens is 310 g/mol. The first-order chi connectivity index (χ1) is 11.0. The monoisotopic (exact) mass is 329 g/mol. The highest BCUT2D eigenvalue weighted by atomic mass is 32.2. The first kappa shape index (κ1) is 15.8. The molecule has 5 nitrogen and oxygen atoms in total. The molecule has 120 valence electrons. The zero-order valence-electron chi connectivity index (χ0n) is 13.6. The Morgan fingerprint density at radius 3 is 2.70 bits per heavy atom. The van der Waals surface area contributed by atoms with Gasteiger partial charge in [0, 0.05) is 5.39 Å². The second kappa shape index (κ2) is 6.20. The minimum atomic E-state index is -0.343. The fraction of sp³-hybridized carbons (Fsp3) is 0.353. The largest absolute Gasteiger partial charge is 0.462 e. The van der Waals surface area contributed by atoms with Gasteiger partial charge in [0.25, 0.3) is 0 Å². The average Bonchev–Trinajstić information content (AvgIpc) is 2.89. The van der Waals surface area contributed by atoms with E-state index in [1.807, 2.05) is 49.4 Å². The van der Waals surface area contributed by atoms with Gasteiger partial charge in [-0.15, -0.1) is 10.2 Å². The molecule has 2 heterocycles. The number of fused-ring (bicyclic) bond motifs is 3. The summed E-state index contributed by atoms with van der Waals surface area (Å²) in [7, 11) is 0. The van der Waals surface area contributed by atoms with Gasteiger partial charge in [0.1, 0.15) is 5.25 Å². The summed E-state index contributed by atoms with van der Waals surface area (Å²) in [6, 6.07) is 10.1. The van der Waals surface area contributed by atoms with Gasteiger partial charge < -0.3 is 4.74 Å². The molecule has 23 heavy (non-hydrogen) atoms. The Labute approximate surface area is 139 Å². The lowest BCUT2D eigenvalue weighted by Crippen LogP contribution is -2.21. The van der Waals surface area contributed by atoms with Gasteiger partial charge in [0.15, 0.2) is 10.8 Å². The van der Waals surface area contributed by atoms with Crippen molar-refractivity contribution in [3.63, 3.8) is 0 Å². The van der Waals surface area contributed by atoms with Gasteiger partial charge in [0.2, 0.25) is 0 Å². The van der Waals surface area contributed by atoms with Crippen molar-refractivity contribution < 1.29 is 9.53 Å². The molecule has 0 bridgehead atoms. The van der Waals surface area contributed by atoms with Crippen molar-refractivity contribution in [2.75, 3.05) is 0 Å². The molecule has 0 aliphatic heterocycles. The van der Waals surface area contributed by atoms with E-state index in [4.69, 9.17) is 4.74 Å². The molecule has 1 atom stereocenters. The Bertz CT molecular complexity index is 873. The fourth-order valence-corrected chi connectivity index (χ4v) is 3.34. The van der Waals surface area contributed by atoms with Crippen LogP contribution in [-0.4, -0.2) is 31.9 Å². The van der Waals surface area contributed by atoms with E-state index >= 15 is 0 Å². The summed E-state index contributed by atoms with van der Waals surface area (Å²) in [6.45, 7) is 7.58. The lowest BCUT2D eigenvalue weighted by molar-refractivity contribution is -0.146. The van der Waals surface area contributed by atoms with E-state index in [1.165, 1.54) is 11.8 Å². The normalized spacial score (nSPS) is 12.9.